The minimum absolute atomic E-state index is 0.552. The number of aromatic nitrogens is 3. The van der Waals surface area contributed by atoms with Gasteiger partial charge in [0.2, 0.25) is 0 Å². The van der Waals surface area contributed by atoms with E-state index in [0.29, 0.717) is 13.1 Å². The summed E-state index contributed by atoms with van der Waals surface area (Å²) in [5, 5.41) is 21.0. The Labute approximate surface area is 128 Å². The summed E-state index contributed by atoms with van der Waals surface area (Å²) in [6.07, 6.45) is 7.14. The monoisotopic (exact) mass is 304 g/mol. The van der Waals surface area contributed by atoms with Gasteiger partial charge in [-0.2, -0.15) is 16.9 Å². The van der Waals surface area contributed by atoms with E-state index in [1.54, 1.807) is 6.20 Å². The van der Waals surface area contributed by atoms with Crippen molar-refractivity contribution in [1.29, 1.82) is 0 Å². The molecule has 112 valence electrons. The second-order valence-electron chi connectivity index (χ2n) is 5.45. The maximum absolute atomic E-state index is 10.5. The fourth-order valence-electron chi connectivity index (χ4n) is 2.56. The van der Waals surface area contributed by atoms with Crippen LogP contribution in [-0.2, 0) is 6.54 Å². The van der Waals surface area contributed by atoms with Gasteiger partial charge in [-0.25, -0.2) is 0 Å². The van der Waals surface area contributed by atoms with Crippen molar-refractivity contribution in [2.24, 2.45) is 0 Å². The van der Waals surface area contributed by atoms with Gasteiger partial charge in [0.25, 0.3) is 0 Å². The smallest absolute Gasteiger partial charge is 0.0787 e. The molecule has 1 saturated heterocycles. The Kier molecular flexibility index (Phi) is 4.57. The third-order valence-corrected chi connectivity index (χ3v) is 4.85. The van der Waals surface area contributed by atoms with Crippen LogP contribution in [0.15, 0.2) is 30.7 Å². The number of pyridine rings is 1. The second-order valence-corrected chi connectivity index (χ2v) is 6.68. The Hall–Kier alpha value is -1.37. The van der Waals surface area contributed by atoms with E-state index in [1.165, 1.54) is 0 Å². The van der Waals surface area contributed by atoms with Crippen LogP contribution in [0.3, 0.4) is 0 Å². The van der Waals surface area contributed by atoms with Crippen LogP contribution in [0.1, 0.15) is 18.4 Å². The van der Waals surface area contributed by atoms with Crippen molar-refractivity contribution in [2.45, 2.75) is 25.0 Å². The number of H-pyrrole nitrogens is 1. The molecule has 0 atom stereocenters. The summed E-state index contributed by atoms with van der Waals surface area (Å²) in [6.45, 7) is 1.32. The minimum atomic E-state index is -0.552. The fourth-order valence-corrected chi connectivity index (χ4v) is 3.82. The van der Waals surface area contributed by atoms with Crippen LogP contribution in [0, 0.1) is 0 Å². The maximum atomic E-state index is 10.5. The highest BCUT2D eigenvalue weighted by atomic mass is 32.2. The first-order valence-electron chi connectivity index (χ1n) is 7.20. The number of hydrogen-bond acceptors (Lipinski definition) is 5. The fraction of sp³-hybridized carbons (Fsp3) is 0.467. The number of aliphatic hydroxyl groups is 1. The molecule has 1 aliphatic heterocycles. The maximum Gasteiger partial charge on any atom is 0.0787 e. The van der Waals surface area contributed by atoms with Crippen molar-refractivity contribution in [1.82, 2.24) is 20.5 Å². The molecule has 2 aromatic heterocycles. The Morgan fingerprint density at radius 3 is 2.95 bits per heavy atom. The molecule has 2 aromatic rings. The molecule has 0 aliphatic carbocycles. The quantitative estimate of drug-likeness (QED) is 0.786. The van der Waals surface area contributed by atoms with E-state index in [9.17, 15) is 5.11 Å². The minimum Gasteiger partial charge on any atom is -0.389 e. The van der Waals surface area contributed by atoms with E-state index < -0.39 is 5.60 Å². The highest BCUT2D eigenvalue weighted by Crippen LogP contribution is 2.26. The van der Waals surface area contributed by atoms with Crippen molar-refractivity contribution in [2.75, 3.05) is 18.1 Å². The predicted molar refractivity (Wildman–Crippen MR) is 85.0 cm³/mol. The summed E-state index contributed by atoms with van der Waals surface area (Å²) >= 11 is 1.92. The van der Waals surface area contributed by atoms with Crippen LogP contribution in [0.2, 0.25) is 0 Å². The van der Waals surface area contributed by atoms with Gasteiger partial charge in [0.15, 0.2) is 0 Å². The summed E-state index contributed by atoms with van der Waals surface area (Å²) in [5.41, 5.74) is 2.56. The highest BCUT2D eigenvalue weighted by Gasteiger charge is 2.28. The zero-order chi connectivity index (χ0) is 14.5. The summed E-state index contributed by atoms with van der Waals surface area (Å²) < 4.78 is 0. The number of hydrogen-bond donors (Lipinski definition) is 3. The molecule has 0 unspecified atom stereocenters. The molecule has 3 heterocycles. The number of aromatic amines is 1. The molecule has 3 rings (SSSR count). The summed E-state index contributed by atoms with van der Waals surface area (Å²) in [5.74, 6) is 2.09. The molecule has 3 N–H and O–H groups in total. The molecule has 5 nitrogen and oxygen atoms in total. The van der Waals surface area contributed by atoms with Crippen molar-refractivity contribution < 1.29 is 5.11 Å². The first-order chi connectivity index (χ1) is 10.3. The zero-order valence-corrected chi connectivity index (χ0v) is 12.7. The zero-order valence-electron chi connectivity index (χ0n) is 11.9. The SMILES string of the molecule is OC1(CNCc2cn[nH]c2-c2cccnc2)CCSCC1. The van der Waals surface area contributed by atoms with Crippen molar-refractivity contribution in [3.05, 3.63) is 36.3 Å². The third-order valence-electron chi connectivity index (χ3n) is 3.86. The normalized spacial score (nSPS) is 17.8. The van der Waals surface area contributed by atoms with Crippen LogP contribution < -0.4 is 5.32 Å². The first kappa shape index (κ1) is 14.6. The van der Waals surface area contributed by atoms with Gasteiger partial charge < -0.3 is 10.4 Å². The van der Waals surface area contributed by atoms with Crippen LogP contribution in [0.4, 0.5) is 0 Å². The lowest BCUT2D eigenvalue weighted by Crippen LogP contribution is -2.43. The van der Waals surface area contributed by atoms with Gasteiger partial charge in [-0.1, -0.05) is 0 Å². The van der Waals surface area contributed by atoms with E-state index >= 15 is 0 Å². The Morgan fingerprint density at radius 2 is 2.19 bits per heavy atom. The molecule has 0 spiro atoms. The van der Waals surface area contributed by atoms with E-state index in [1.807, 2.05) is 36.3 Å². The highest BCUT2D eigenvalue weighted by molar-refractivity contribution is 7.99. The Morgan fingerprint density at radius 1 is 1.33 bits per heavy atom. The van der Waals surface area contributed by atoms with Gasteiger partial charge in [0.1, 0.15) is 0 Å². The predicted octanol–water partition coefficient (Wildman–Crippen LogP) is 1.82. The number of nitrogens with one attached hydrogen (secondary N) is 2. The summed E-state index contributed by atoms with van der Waals surface area (Å²) in [7, 11) is 0. The van der Waals surface area contributed by atoms with Gasteiger partial charge in [0, 0.05) is 36.6 Å². The lowest BCUT2D eigenvalue weighted by Gasteiger charge is -2.32. The van der Waals surface area contributed by atoms with Crippen LogP contribution >= 0.6 is 11.8 Å². The topological polar surface area (TPSA) is 73.8 Å². The molecule has 21 heavy (non-hydrogen) atoms. The molecule has 0 radical (unpaired) electrons. The summed E-state index contributed by atoms with van der Waals surface area (Å²) in [4.78, 5) is 4.14. The molecule has 0 amide bonds. The number of thioether (sulfide) groups is 1. The van der Waals surface area contributed by atoms with Crippen molar-refractivity contribution in [3.63, 3.8) is 0 Å². The molecule has 6 heteroatoms. The molecule has 1 aliphatic rings. The molecule has 1 fully saturated rings. The van der Waals surface area contributed by atoms with E-state index in [-0.39, 0.29) is 0 Å². The van der Waals surface area contributed by atoms with E-state index in [2.05, 4.69) is 20.5 Å². The van der Waals surface area contributed by atoms with Crippen molar-refractivity contribution in [3.8, 4) is 11.3 Å². The van der Waals surface area contributed by atoms with Crippen LogP contribution in [0.5, 0.6) is 0 Å². The van der Waals surface area contributed by atoms with Crippen LogP contribution in [-0.4, -0.2) is 43.9 Å². The summed E-state index contributed by atoms with van der Waals surface area (Å²) in [6, 6.07) is 3.92. The standard InChI is InChI=1S/C15H20N4OS/c20-15(3-6-21-7-4-15)11-17-9-13-10-18-19-14(13)12-2-1-5-16-8-12/h1-2,5,8,10,17,20H,3-4,6-7,9,11H2,(H,18,19). The lowest BCUT2D eigenvalue weighted by molar-refractivity contribution is 0.0320. The van der Waals surface area contributed by atoms with Gasteiger partial charge >= 0.3 is 0 Å². The molecule has 0 aromatic carbocycles. The first-order valence-corrected chi connectivity index (χ1v) is 8.36. The van der Waals surface area contributed by atoms with E-state index in [0.717, 1.165) is 41.2 Å². The largest absolute Gasteiger partial charge is 0.389 e. The lowest BCUT2D eigenvalue weighted by atomic mass is 9.97. The molecule has 0 saturated carbocycles. The molecule has 0 bridgehead atoms. The van der Waals surface area contributed by atoms with Crippen molar-refractivity contribution >= 4 is 11.8 Å². The third kappa shape index (κ3) is 3.64. The Balaban J connectivity index is 1.60. The number of nitrogens with zero attached hydrogens (tertiary/aromatic N) is 2. The van der Waals surface area contributed by atoms with Gasteiger partial charge in [-0.15, -0.1) is 0 Å². The second kappa shape index (κ2) is 6.60. The molecular weight excluding hydrogens is 284 g/mol. The van der Waals surface area contributed by atoms with Crippen LogP contribution in [0.25, 0.3) is 11.3 Å². The molecular formula is C15H20N4OS. The van der Waals surface area contributed by atoms with Gasteiger partial charge in [-0.3, -0.25) is 10.1 Å². The average molecular weight is 304 g/mol. The van der Waals surface area contributed by atoms with Gasteiger partial charge in [0.05, 0.1) is 17.5 Å². The number of rotatable bonds is 5. The average Bonchev–Trinajstić information content (AvgIpc) is 2.97. The van der Waals surface area contributed by atoms with E-state index in [4.69, 9.17) is 0 Å². The van der Waals surface area contributed by atoms with Gasteiger partial charge in [-0.05, 0) is 36.5 Å². The Bertz CT molecular complexity index is 566.